The minimum atomic E-state index is -0.512. The summed E-state index contributed by atoms with van der Waals surface area (Å²) in [6.07, 6.45) is 0. The zero-order valence-corrected chi connectivity index (χ0v) is 16.1. The van der Waals surface area contributed by atoms with Gasteiger partial charge >= 0.3 is 0 Å². The van der Waals surface area contributed by atoms with Crippen molar-refractivity contribution < 1.29 is 14.5 Å². The van der Waals surface area contributed by atoms with Gasteiger partial charge in [-0.05, 0) is 49.0 Å². The number of rotatable bonds is 4. The van der Waals surface area contributed by atoms with Crippen molar-refractivity contribution in [1.82, 2.24) is 5.32 Å². The first-order valence-electron chi connectivity index (χ1n) is 8.74. The van der Waals surface area contributed by atoms with Crippen LogP contribution < -0.4 is 15.5 Å². The zero-order chi connectivity index (χ0) is 20.1. The maximum atomic E-state index is 12.5. The summed E-state index contributed by atoms with van der Waals surface area (Å²) < 4.78 is 5.29. The van der Waals surface area contributed by atoms with E-state index in [1.165, 1.54) is 6.07 Å². The smallest absolute Gasteiger partial charge is 0.293 e. The molecule has 1 aliphatic heterocycles. The van der Waals surface area contributed by atoms with Gasteiger partial charge in [-0.3, -0.25) is 20.2 Å². The Labute approximate surface area is 167 Å². The van der Waals surface area contributed by atoms with Gasteiger partial charge in [0.15, 0.2) is 5.11 Å². The largest absolute Gasteiger partial charge is 0.378 e. The van der Waals surface area contributed by atoms with Crippen LogP contribution in [0.1, 0.15) is 15.9 Å². The van der Waals surface area contributed by atoms with Crippen LogP contribution in [-0.2, 0) is 4.74 Å². The van der Waals surface area contributed by atoms with Crippen molar-refractivity contribution in [3.63, 3.8) is 0 Å². The zero-order valence-electron chi connectivity index (χ0n) is 15.3. The first-order valence-corrected chi connectivity index (χ1v) is 9.15. The third kappa shape index (κ3) is 4.81. The second-order valence-corrected chi connectivity index (χ2v) is 6.75. The van der Waals surface area contributed by atoms with Gasteiger partial charge < -0.3 is 15.0 Å². The summed E-state index contributed by atoms with van der Waals surface area (Å²) in [5.41, 5.74) is 2.32. The van der Waals surface area contributed by atoms with Crippen molar-refractivity contribution in [2.24, 2.45) is 0 Å². The van der Waals surface area contributed by atoms with Crippen molar-refractivity contribution in [3.05, 3.63) is 63.7 Å². The molecule has 0 saturated carbocycles. The Morgan fingerprint density at radius 2 is 1.96 bits per heavy atom. The van der Waals surface area contributed by atoms with Gasteiger partial charge in [0.1, 0.15) is 5.69 Å². The van der Waals surface area contributed by atoms with Gasteiger partial charge in [-0.25, -0.2) is 0 Å². The Balaban J connectivity index is 1.73. The number of aryl methyl sites for hydroxylation is 1. The molecular formula is C19H20N4O4S. The predicted octanol–water partition coefficient (Wildman–Crippen LogP) is 2.87. The number of benzene rings is 2. The van der Waals surface area contributed by atoms with Gasteiger partial charge in [0.05, 0.1) is 18.1 Å². The third-order valence-corrected chi connectivity index (χ3v) is 4.49. The van der Waals surface area contributed by atoms with Crippen LogP contribution in [0.25, 0.3) is 0 Å². The number of carbonyl (C=O) groups is 1. The number of nitro groups is 1. The van der Waals surface area contributed by atoms with E-state index in [1.807, 2.05) is 36.1 Å². The summed E-state index contributed by atoms with van der Waals surface area (Å²) in [5.74, 6) is -0.512. The number of ether oxygens (including phenoxy) is 1. The average Bonchev–Trinajstić information content (AvgIpc) is 2.68. The van der Waals surface area contributed by atoms with Gasteiger partial charge in [0.25, 0.3) is 11.6 Å². The highest BCUT2D eigenvalue weighted by Crippen LogP contribution is 2.29. The molecule has 0 bridgehead atoms. The molecule has 2 aromatic rings. The Bertz CT molecular complexity index is 913. The van der Waals surface area contributed by atoms with Crippen molar-refractivity contribution in [2.45, 2.75) is 6.92 Å². The van der Waals surface area contributed by atoms with Crippen LogP contribution in [0.15, 0.2) is 42.5 Å². The number of morpholine rings is 1. The van der Waals surface area contributed by atoms with E-state index in [0.717, 1.165) is 11.3 Å². The molecule has 28 heavy (non-hydrogen) atoms. The van der Waals surface area contributed by atoms with Crippen molar-refractivity contribution in [2.75, 3.05) is 36.5 Å². The molecule has 2 N–H and O–H groups in total. The summed E-state index contributed by atoms with van der Waals surface area (Å²) in [5, 5.41) is 17.1. The molecule has 146 valence electrons. The van der Waals surface area contributed by atoms with Gasteiger partial charge in [0, 0.05) is 30.4 Å². The van der Waals surface area contributed by atoms with E-state index < -0.39 is 10.8 Å². The fourth-order valence-corrected chi connectivity index (χ4v) is 3.15. The molecule has 1 heterocycles. The predicted molar refractivity (Wildman–Crippen MR) is 111 cm³/mol. The topological polar surface area (TPSA) is 96.7 Å². The van der Waals surface area contributed by atoms with Gasteiger partial charge in [0.2, 0.25) is 0 Å². The van der Waals surface area contributed by atoms with E-state index in [2.05, 4.69) is 10.6 Å². The van der Waals surface area contributed by atoms with Gasteiger partial charge in [-0.1, -0.05) is 12.1 Å². The molecule has 0 aliphatic carbocycles. The minimum Gasteiger partial charge on any atom is -0.378 e. The molecule has 0 aromatic heterocycles. The number of nitrogens with zero attached hydrogens (tertiary/aromatic N) is 2. The second kappa shape index (κ2) is 8.77. The maximum absolute atomic E-state index is 12.5. The lowest BCUT2D eigenvalue weighted by Gasteiger charge is -2.28. The monoisotopic (exact) mass is 400 g/mol. The molecular weight excluding hydrogens is 380 g/mol. The number of anilines is 2. The van der Waals surface area contributed by atoms with Crippen molar-refractivity contribution >= 4 is 40.3 Å². The van der Waals surface area contributed by atoms with Crippen molar-refractivity contribution in [3.8, 4) is 0 Å². The Morgan fingerprint density at radius 3 is 2.64 bits per heavy atom. The molecule has 1 aliphatic rings. The molecule has 0 radical (unpaired) electrons. The van der Waals surface area contributed by atoms with Crippen LogP contribution in [0, 0.1) is 17.0 Å². The van der Waals surface area contributed by atoms with E-state index in [9.17, 15) is 14.9 Å². The van der Waals surface area contributed by atoms with E-state index in [0.29, 0.717) is 32.0 Å². The van der Waals surface area contributed by atoms with Gasteiger partial charge in [-0.15, -0.1) is 0 Å². The first-order chi connectivity index (χ1) is 13.4. The molecule has 0 atom stereocenters. The fourth-order valence-electron chi connectivity index (χ4n) is 2.94. The first kappa shape index (κ1) is 19.7. The normalized spacial score (nSPS) is 13.7. The molecule has 1 fully saturated rings. The number of nitro benzene ring substituents is 1. The van der Waals surface area contributed by atoms with E-state index in [4.69, 9.17) is 17.0 Å². The number of hydrogen-bond donors (Lipinski definition) is 2. The van der Waals surface area contributed by atoms with E-state index in [-0.39, 0.29) is 16.4 Å². The highest BCUT2D eigenvalue weighted by Gasteiger charge is 2.23. The van der Waals surface area contributed by atoms with Crippen molar-refractivity contribution in [1.29, 1.82) is 0 Å². The molecule has 9 heteroatoms. The lowest BCUT2D eigenvalue weighted by Crippen LogP contribution is -2.37. The summed E-state index contributed by atoms with van der Waals surface area (Å²) >= 11 is 5.17. The number of carbonyl (C=O) groups excluding carboxylic acids is 1. The molecule has 0 spiro atoms. The number of thiocarbonyl (C=S) groups is 1. The SMILES string of the molecule is Cc1cccc(NC(=S)NC(=O)c2ccc(N3CCOCC3)c([N+](=O)[O-])c2)c1. The van der Waals surface area contributed by atoms with E-state index in [1.54, 1.807) is 12.1 Å². The van der Waals surface area contributed by atoms with Crippen LogP contribution in [0.4, 0.5) is 17.1 Å². The highest BCUT2D eigenvalue weighted by atomic mass is 32.1. The quantitative estimate of drug-likeness (QED) is 0.463. The van der Waals surface area contributed by atoms with E-state index >= 15 is 0 Å². The lowest BCUT2D eigenvalue weighted by molar-refractivity contribution is -0.384. The molecule has 2 aromatic carbocycles. The maximum Gasteiger partial charge on any atom is 0.293 e. The van der Waals surface area contributed by atoms with Gasteiger partial charge in [-0.2, -0.15) is 0 Å². The summed E-state index contributed by atoms with van der Waals surface area (Å²) in [7, 11) is 0. The third-order valence-electron chi connectivity index (χ3n) is 4.29. The van der Waals surface area contributed by atoms with Crippen LogP contribution in [-0.4, -0.2) is 42.2 Å². The molecule has 3 rings (SSSR count). The molecule has 0 unspecified atom stereocenters. The minimum absolute atomic E-state index is 0.118. The van der Waals surface area contributed by atoms with Crippen LogP contribution >= 0.6 is 12.2 Å². The number of hydrogen-bond acceptors (Lipinski definition) is 6. The molecule has 1 saturated heterocycles. The lowest BCUT2D eigenvalue weighted by atomic mass is 10.1. The van der Waals surface area contributed by atoms with Crippen LogP contribution in [0.2, 0.25) is 0 Å². The average molecular weight is 400 g/mol. The van der Waals surface area contributed by atoms with Crippen LogP contribution in [0.3, 0.4) is 0 Å². The number of nitrogens with one attached hydrogen (secondary N) is 2. The standard InChI is InChI=1S/C19H20N4O4S/c1-13-3-2-4-15(11-13)20-19(28)21-18(24)14-5-6-16(17(12-14)23(25)26)22-7-9-27-10-8-22/h2-6,11-12H,7-10H2,1H3,(H2,20,21,24,28). The summed E-state index contributed by atoms with van der Waals surface area (Å²) in [4.78, 5) is 25.4. The highest BCUT2D eigenvalue weighted by molar-refractivity contribution is 7.80. The molecule has 8 nitrogen and oxygen atoms in total. The fraction of sp³-hybridized carbons (Fsp3) is 0.263. The Hall–Kier alpha value is -3.04. The molecule has 1 amide bonds. The Morgan fingerprint density at radius 1 is 1.21 bits per heavy atom. The number of amides is 1. The summed E-state index contributed by atoms with van der Waals surface area (Å²) in [6.45, 7) is 4.10. The second-order valence-electron chi connectivity index (χ2n) is 6.34. The Kier molecular flexibility index (Phi) is 6.17. The summed E-state index contributed by atoms with van der Waals surface area (Å²) in [6, 6.07) is 12.0. The van der Waals surface area contributed by atoms with Crippen LogP contribution in [0.5, 0.6) is 0 Å².